The molecule has 8 heteroatoms. The molecule has 0 unspecified atom stereocenters. The Balaban J connectivity index is 1.66. The summed E-state index contributed by atoms with van der Waals surface area (Å²) in [5.74, 6) is -4.38. The molecule has 170 valence electrons. The minimum atomic E-state index is -5.22. The number of fused-ring (bicyclic) bond motifs is 1. The van der Waals surface area contributed by atoms with Crippen molar-refractivity contribution in [2.24, 2.45) is 11.8 Å². The molecule has 3 rings (SSSR count). The van der Waals surface area contributed by atoms with Gasteiger partial charge in [-0.25, -0.2) is 8.78 Å². The number of carbonyl (C=O) groups is 1. The first-order valence-electron chi connectivity index (χ1n) is 10.6. The summed E-state index contributed by atoms with van der Waals surface area (Å²) in [6, 6.07) is 4.36. The molecule has 0 aromatic heterocycles. The molecule has 31 heavy (non-hydrogen) atoms. The summed E-state index contributed by atoms with van der Waals surface area (Å²) < 4.78 is 74.3. The predicted molar refractivity (Wildman–Crippen MR) is 106 cm³/mol. The third kappa shape index (κ3) is 6.08. The maximum atomic E-state index is 14.3. The molecular formula is C23H25F5O3. The van der Waals surface area contributed by atoms with Gasteiger partial charge < -0.3 is 9.47 Å². The minimum absolute atomic E-state index is 0.0329. The largest absolute Gasteiger partial charge is 0.573 e. The van der Waals surface area contributed by atoms with E-state index < -0.39 is 29.7 Å². The smallest absolute Gasteiger partial charge is 0.426 e. The van der Waals surface area contributed by atoms with E-state index in [-0.39, 0.29) is 22.4 Å². The van der Waals surface area contributed by atoms with Crippen LogP contribution in [-0.4, -0.2) is 12.3 Å². The molecular weight excluding hydrogens is 419 g/mol. The van der Waals surface area contributed by atoms with Crippen LogP contribution >= 0.6 is 0 Å². The van der Waals surface area contributed by atoms with Gasteiger partial charge in [0.15, 0.2) is 11.6 Å². The van der Waals surface area contributed by atoms with Crippen molar-refractivity contribution in [1.82, 2.24) is 0 Å². The van der Waals surface area contributed by atoms with Gasteiger partial charge in [0.2, 0.25) is 5.75 Å². The molecule has 0 N–H and O–H groups in total. The molecule has 2 aromatic carbocycles. The number of ether oxygens (including phenoxy) is 2. The predicted octanol–water partition coefficient (Wildman–Crippen LogP) is 7.31. The molecule has 0 atom stereocenters. The molecule has 1 saturated carbocycles. The second-order valence-corrected chi connectivity index (χ2v) is 8.07. The van der Waals surface area contributed by atoms with Crippen LogP contribution in [0.5, 0.6) is 11.5 Å². The van der Waals surface area contributed by atoms with Crippen molar-refractivity contribution < 1.29 is 36.2 Å². The number of halogens is 5. The van der Waals surface area contributed by atoms with Gasteiger partial charge in [0.05, 0.1) is 5.92 Å². The number of alkyl halides is 3. The first kappa shape index (κ1) is 23.3. The normalized spacial score (nSPS) is 19.4. The van der Waals surface area contributed by atoms with Crippen LogP contribution in [0.4, 0.5) is 22.0 Å². The molecule has 0 amide bonds. The van der Waals surface area contributed by atoms with E-state index in [9.17, 15) is 26.7 Å². The minimum Gasteiger partial charge on any atom is -0.426 e. The number of hydrogen-bond donors (Lipinski definition) is 0. The highest BCUT2D eigenvalue weighted by atomic mass is 19.4. The van der Waals surface area contributed by atoms with Crippen molar-refractivity contribution in [3.05, 3.63) is 35.9 Å². The van der Waals surface area contributed by atoms with Crippen molar-refractivity contribution >= 4 is 16.7 Å². The van der Waals surface area contributed by atoms with Gasteiger partial charge in [0.25, 0.3) is 0 Å². The van der Waals surface area contributed by atoms with Crippen molar-refractivity contribution in [1.29, 1.82) is 0 Å². The second-order valence-electron chi connectivity index (χ2n) is 8.07. The first-order valence-corrected chi connectivity index (χ1v) is 10.6. The van der Waals surface area contributed by atoms with E-state index in [1.807, 2.05) is 0 Å². The Kier molecular flexibility index (Phi) is 7.38. The maximum Gasteiger partial charge on any atom is 0.573 e. The fourth-order valence-electron chi connectivity index (χ4n) is 4.13. The standard InChI is InChI=1S/C23H25F5O3/c1-2-3-4-5-14-6-8-15(9-7-14)22(29)30-17-10-11-18-16(12-17)13-19(24)21(20(18)25)31-23(26,27)28/h10-15H,2-9H2,1H3. The molecule has 0 bridgehead atoms. The summed E-state index contributed by atoms with van der Waals surface area (Å²) in [5, 5.41) is -0.303. The molecule has 0 saturated heterocycles. The van der Waals surface area contributed by atoms with Crippen LogP contribution in [-0.2, 0) is 4.79 Å². The van der Waals surface area contributed by atoms with E-state index in [0.717, 1.165) is 37.8 Å². The number of carbonyl (C=O) groups excluding carboxylic acids is 1. The zero-order valence-electron chi connectivity index (χ0n) is 17.2. The molecule has 0 radical (unpaired) electrons. The topological polar surface area (TPSA) is 35.5 Å². The lowest BCUT2D eigenvalue weighted by Crippen LogP contribution is -2.25. The summed E-state index contributed by atoms with van der Waals surface area (Å²) in [6.07, 6.45) is 2.98. The SMILES string of the molecule is CCCCCC1CCC(C(=O)Oc2ccc3c(F)c(OC(F)(F)F)c(F)cc3c2)CC1. The van der Waals surface area contributed by atoms with Crippen LogP contribution in [0, 0.1) is 23.5 Å². The first-order chi connectivity index (χ1) is 14.7. The summed E-state index contributed by atoms with van der Waals surface area (Å²) in [7, 11) is 0. The second kappa shape index (κ2) is 9.83. The average Bonchev–Trinajstić information content (AvgIpc) is 2.71. The summed E-state index contributed by atoms with van der Waals surface area (Å²) in [4.78, 5) is 12.5. The Morgan fingerprint density at radius 2 is 1.77 bits per heavy atom. The highest BCUT2D eigenvalue weighted by Gasteiger charge is 2.34. The van der Waals surface area contributed by atoms with Gasteiger partial charge in [-0.05, 0) is 61.3 Å². The van der Waals surface area contributed by atoms with Crippen LogP contribution in [0.15, 0.2) is 24.3 Å². The maximum absolute atomic E-state index is 14.3. The van der Waals surface area contributed by atoms with Crippen LogP contribution in [0.1, 0.15) is 58.3 Å². The number of rotatable bonds is 7. The fraction of sp³-hybridized carbons (Fsp3) is 0.522. The molecule has 1 fully saturated rings. The van der Waals surface area contributed by atoms with E-state index in [1.54, 1.807) is 0 Å². The summed E-state index contributed by atoms with van der Waals surface area (Å²) >= 11 is 0. The zero-order chi connectivity index (χ0) is 22.6. The van der Waals surface area contributed by atoms with Crippen molar-refractivity contribution in [2.45, 2.75) is 64.7 Å². The Hall–Kier alpha value is -2.38. The van der Waals surface area contributed by atoms with E-state index in [4.69, 9.17) is 4.74 Å². The molecule has 3 nitrogen and oxygen atoms in total. The molecule has 1 aliphatic carbocycles. The van der Waals surface area contributed by atoms with Crippen molar-refractivity contribution in [3.63, 3.8) is 0 Å². The van der Waals surface area contributed by atoms with Gasteiger partial charge in [-0.15, -0.1) is 13.2 Å². The summed E-state index contributed by atoms with van der Waals surface area (Å²) in [5.41, 5.74) is 0. The van der Waals surface area contributed by atoms with Crippen LogP contribution in [0.3, 0.4) is 0 Å². The molecule has 0 aliphatic heterocycles. The van der Waals surface area contributed by atoms with E-state index >= 15 is 0 Å². The van der Waals surface area contributed by atoms with Crippen molar-refractivity contribution in [3.8, 4) is 11.5 Å². The third-order valence-electron chi connectivity index (χ3n) is 5.79. The van der Waals surface area contributed by atoms with Gasteiger partial charge in [0.1, 0.15) is 5.75 Å². The van der Waals surface area contributed by atoms with Crippen LogP contribution in [0.25, 0.3) is 10.8 Å². The number of esters is 1. The number of hydrogen-bond acceptors (Lipinski definition) is 3. The lowest BCUT2D eigenvalue weighted by molar-refractivity contribution is -0.276. The Morgan fingerprint density at radius 3 is 2.42 bits per heavy atom. The van der Waals surface area contributed by atoms with Gasteiger partial charge in [-0.2, -0.15) is 0 Å². The Morgan fingerprint density at radius 1 is 1.06 bits per heavy atom. The molecule has 1 aliphatic rings. The highest BCUT2D eigenvalue weighted by Crippen LogP contribution is 2.36. The molecule has 0 heterocycles. The zero-order valence-corrected chi connectivity index (χ0v) is 17.2. The number of unbranched alkanes of at least 4 members (excludes halogenated alkanes) is 2. The van der Waals surface area contributed by atoms with Crippen LogP contribution in [0.2, 0.25) is 0 Å². The van der Waals surface area contributed by atoms with E-state index in [2.05, 4.69) is 11.7 Å². The Labute approximate surface area is 177 Å². The molecule has 2 aromatic rings. The van der Waals surface area contributed by atoms with Crippen LogP contribution < -0.4 is 9.47 Å². The van der Waals surface area contributed by atoms with Gasteiger partial charge in [-0.1, -0.05) is 32.6 Å². The van der Waals surface area contributed by atoms with E-state index in [0.29, 0.717) is 5.92 Å². The lowest BCUT2D eigenvalue weighted by Gasteiger charge is -2.27. The Bertz CT molecular complexity index is 918. The van der Waals surface area contributed by atoms with Gasteiger partial charge in [-0.3, -0.25) is 4.79 Å². The third-order valence-corrected chi connectivity index (χ3v) is 5.79. The monoisotopic (exact) mass is 444 g/mol. The molecule has 0 spiro atoms. The van der Waals surface area contributed by atoms with Crippen molar-refractivity contribution in [2.75, 3.05) is 0 Å². The number of benzene rings is 2. The fourth-order valence-corrected chi connectivity index (χ4v) is 4.13. The van der Waals surface area contributed by atoms with Gasteiger partial charge in [0, 0.05) is 5.39 Å². The highest BCUT2D eigenvalue weighted by molar-refractivity contribution is 5.87. The van der Waals surface area contributed by atoms with E-state index in [1.165, 1.54) is 37.8 Å². The summed E-state index contributed by atoms with van der Waals surface area (Å²) in [6.45, 7) is 2.16. The lowest BCUT2D eigenvalue weighted by atomic mass is 9.80. The quantitative estimate of drug-likeness (QED) is 0.194. The average molecular weight is 444 g/mol. The van der Waals surface area contributed by atoms with Gasteiger partial charge >= 0.3 is 12.3 Å².